The maximum atomic E-state index is 4.99. The van der Waals surface area contributed by atoms with Crippen LogP contribution < -0.4 is 4.80 Å². The summed E-state index contributed by atoms with van der Waals surface area (Å²) < 4.78 is 2.35. The quantitative estimate of drug-likeness (QED) is 0.529. The number of rotatable bonds is 2. The Labute approximate surface area is 154 Å². The van der Waals surface area contributed by atoms with Gasteiger partial charge < -0.3 is 4.57 Å². The first-order chi connectivity index (χ1) is 11.8. The molecule has 0 atom stereocenters. The van der Waals surface area contributed by atoms with E-state index in [-0.39, 0.29) is 5.54 Å². The molecule has 0 amide bonds. The van der Waals surface area contributed by atoms with E-state index in [4.69, 9.17) is 4.99 Å². The Morgan fingerprint density at radius 2 is 1.52 bits per heavy atom. The van der Waals surface area contributed by atoms with Crippen LogP contribution in [0.4, 0.5) is 5.69 Å². The van der Waals surface area contributed by atoms with Gasteiger partial charge in [-0.3, -0.25) is 0 Å². The van der Waals surface area contributed by atoms with Gasteiger partial charge in [0.25, 0.3) is 0 Å². The Kier molecular flexibility index (Phi) is 4.70. The van der Waals surface area contributed by atoms with Crippen molar-refractivity contribution in [3.05, 3.63) is 69.3 Å². The number of nitrogens with zero attached hydrogens (tertiary/aromatic N) is 2. The Bertz CT molecular complexity index is 951. The van der Waals surface area contributed by atoms with Crippen molar-refractivity contribution in [2.75, 3.05) is 0 Å². The second-order valence-electron chi connectivity index (χ2n) is 7.68. The number of thiazole rings is 1. The molecule has 0 spiro atoms. The van der Waals surface area contributed by atoms with Gasteiger partial charge in [0.1, 0.15) is 0 Å². The van der Waals surface area contributed by atoms with Crippen LogP contribution in [-0.2, 0) is 5.54 Å². The monoisotopic (exact) mass is 350 g/mol. The fraction of sp³-hybridized carbons (Fsp3) is 0.318. The highest BCUT2D eigenvalue weighted by molar-refractivity contribution is 7.07. The van der Waals surface area contributed by atoms with E-state index in [0.29, 0.717) is 0 Å². The lowest BCUT2D eigenvalue weighted by molar-refractivity contribution is 0.392. The van der Waals surface area contributed by atoms with Crippen LogP contribution in [0.25, 0.3) is 11.3 Å². The number of aromatic nitrogens is 1. The van der Waals surface area contributed by atoms with Gasteiger partial charge >= 0.3 is 0 Å². The molecule has 3 heteroatoms. The summed E-state index contributed by atoms with van der Waals surface area (Å²) in [5, 5.41) is 2.22. The van der Waals surface area contributed by atoms with Crippen LogP contribution in [0.15, 0.2) is 52.8 Å². The van der Waals surface area contributed by atoms with Gasteiger partial charge in [0, 0.05) is 10.9 Å². The van der Waals surface area contributed by atoms with Crippen LogP contribution >= 0.6 is 11.3 Å². The van der Waals surface area contributed by atoms with E-state index in [9.17, 15) is 0 Å². The van der Waals surface area contributed by atoms with Gasteiger partial charge in [0.2, 0.25) is 0 Å². The van der Waals surface area contributed by atoms with E-state index >= 15 is 0 Å². The van der Waals surface area contributed by atoms with E-state index in [1.54, 1.807) is 11.3 Å². The third-order valence-electron chi connectivity index (χ3n) is 4.29. The minimum absolute atomic E-state index is 0.0440. The number of benzene rings is 2. The molecular weight excluding hydrogens is 324 g/mol. The number of hydrogen-bond donors (Lipinski definition) is 0. The molecule has 0 unspecified atom stereocenters. The van der Waals surface area contributed by atoms with Crippen molar-refractivity contribution in [1.29, 1.82) is 0 Å². The van der Waals surface area contributed by atoms with Crippen molar-refractivity contribution in [3.63, 3.8) is 0 Å². The van der Waals surface area contributed by atoms with Gasteiger partial charge in [-0.15, -0.1) is 11.3 Å². The van der Waals surface area contributed by atoms with Crippen LogP contribution in [0.5, 0.6) is 0 Å². The van der Waals surface area contributed by atoms with Gasteiger partial charge in [-0.05, 0) is 58.7 Å². The number of aryl methyl sites for hydroxylation is 3. The van der Waals surface area contributed by atoms with E-state index in [1.807, 2.05) is 0 Å². The predicted molar refractivity (Wildman–Crippen MR) is 109 cm³/mol. The second-order valence-corrected chi connectivity index (χ2v) is 8.51. The topological polar surface area (TPSA) is 17.3 Å². The van der Waals surface area contributed by atoms with Crippen molar-refractivity contribution >= 4 is 17.0 Å². The lowest BCUT2D eigenvalue weighted by Crippen LogP contribution is -2.31. The summed E-state index contributed by atoms with van der Waals surface area (Å²) >= 11 is 1.71. The Balaban J connectivity index is 2.21. The molecule has 130 valence electrons. The molecule has 0 saturated carbocycles. The lowest BCUT2D eigenvalue weighted by atomic mass is 10.1. The third-order valence-corrected chi connectivity index (χ3v) is 5.12. The molecule has 0 aliphatic carbocycles. The first-order valence-electron chi connectivity index (χ1n) is 8.66. The van der Waals surface area contributed by atoms with Crippen LogP contribution in [0.3, 0.4) is 0 Å². The molecule has 2 aromatic carbocycles. The summed E-state index contributed by atoms with van der Waals surface area (Å²) in [4.78, 5) is 6.03. The van der Waals surface area contributed by atoms with Crippen molar-refractivity contribution in [2.24, 2.45) is 4.99 Å². The van der Waals surface area contributed by atoms with Gasteiger partial charge in [-0.1, -0.05) is 47.5 Å². The van der Waals surface area contributed by atoms with Gasteiger partial charge in [-0.25, -0.2) is 4.99 Å². The van der Waals surface area contributed by atoms with E-state index in [1.165, 1.54) is 27.9 Å². The predicted octanol–water partition coefficient (Wildman–Crippen LogP) is 6.13. The Morgan fingerprint density at radius 1 is 0.880 bits per heavy atom. The van der Waals surface area contributed by atoms with Gasteiger partial charge in [-0.2, -0.15) is 0 Å². The van der Waals surface area contributed by atoms with Crippen LogP contribution in [0.1, 0.15) is 37.5 Å². The molecule has 0 N–H and O–H groups in total. The molecule has 0 bridgehead atoms. The summed E-state index contributed by atoms with van der Waals surface area (Å²) in [6, 6.07) is 15.2. The molecule has 25 heavy (non-hydrogen) atoms. The molecule has 2 nitrogen and oxygen atoms in total. The highest BCUT2D eigenvalue weighted by atomic mass is 32.1. The molecule has 0 radical (unpaired) electrons. The minimum atomic E-state index is -0.0440. The molecule has 0 fully saturated rings. The number of hydrogen-bond acceptors (Lipinski definition) is 2. The van der Waals surface area contributed by atoms with Crippen molar-refractivity contribution < 1.29 is 0 Å². The van der Waals surface area contributed by atoms with Crippen LogP contribution in [0.2, 0.25) is 0 Å². The first-order valence-corrected chi connectivity index (χ1v) is 9.54. The summed E-state index contributed by atoms with van der Waals surface area (Å²) in [5.41, 5.74) is 7.22. The fourth-order valence-electron chi connectivity index (χ4n) is 3.00. The maximum absolute atomic E-state index is 4.99. The smallest absolute Gasteiger partial charge is 0.190 e. The van der Waals surface area contributed by atoms with Crippen molar-refractivity contribution in [2.45, 2.75) is 47.1 Å². The molecular formula is C22H26N2S. The van der Waals surface area contributed by atoms with Crippen molar-refractivity contribution in [1.82, 2.24) is 4.57 Å². The molecule has 1 heterocycles. The SMILES string of the molecule is Cc1ccc(-c2csc(=Nc3ccc(C)cc3C)n2C(C)(C)C)cc1. The molecule has 1 aromatic heterocycles. The molecule has 0 aliphatic heterocycles. The van der Waals surface area contributed by atoms with Gasteiger partial charge in [0.15, 0.2) is 4.80 Å². The van der Waals surface area contributed by atoms with Crippen LogP contribution in [-0.4, -0.2) is 4.57 Å². The van der Waals surface area contributed by atoms with E-state index < -0.39 is 0 Å². The molecule has 0 aliphatic rings. The normalized spacial score (nSPS) is 12.6. The molecule has 0 saturated heterocycles. The molecule has 3 aromatic rings. The Hall–Kier alpha value is -2.13. The van der Waals surface area contributed by atoms with E-state index in [2.05, 4.69) is 94.0 Å². The maximum Gasteiger partial charge on any atom is 0.190 e. The summed E-state index contributed by atoms with van der Waals surface area (Å²) in [6.45, 7) is 13.1. The first kappa shape index (κ1) is 17.7. The summed E-state index contributed by atoms with van der Waals surface area (Å²) in [5.74, 6) is 0. The lowest BCUT2D eigenvalue weighted by Gasteiger charge is -2.24. The van der Waals surface area contributed by atoms with Crippen molar-refractivity contribution in [3.8, 4) is 11.3 Å². The zero-order valence-corrected chi connectivity index (χ0v) is 16.7. The second kappa shape index (κ2) is 6.64. The average Bonchev–Trinajstić information content (AvgIpc) is 2.95. The molecule has 3 rings (SSSR count). The third kappa shape index (κ3) is 3.77. The van der Waals surface area contributed by atoms with Gasteiger partial charge in [0.05, 0.1) is 11.4 Å². The standard InChI is InChI=1S/C22H26N2S/c1-15-7-10-18(11-8-15)20-14-25-21(24(20)22(4,5)6)23-19-12-9-16(2)13-17(19)3/h7-14H,1-6H3. The van der Waals surface area contributed by atoms with E-state index in [0.717, 1.165) is 10.5 Å². The minimum Gasteiger partial charge on any atom is -0.311 e. The average molecular weight is 351 g/mol. The van der Waals surface area contributed by atoms with Crippen LogP contribution in [0, 0.1) is 20.8 Å². The highest BCUT2D eigenvalue weighted by Gasteiger charge is 2.20. The summed E-state index contributed by atoms with van der Waals surface area (Å²) in [7, 11) is 0. The zero-order valence-electron chi connectivity index (χ0n) is 15.9. The Morgan fingerprint density at radius 3 is 2.12 bits per heavy atom. The fourth-order valence-corrected chi connectivity index (χ4v) is 4.08. The largest absolute Gasteiger partial charge is 0.311 e. The summed E-state index contributed by atoms with van der Waals surface area (Å²) in [6.07, 6.45) is 0. The highest BCUT2D eigenvalue weighted by Crippen LogP contribution is 2.27. The zero-order chi connectivity index (χ0) is 18.2.